The monoisotopic (exact) mass is 442 g/mol. The fourth-order valence-electron chi connectivity index (χ4n) is 4.03. The van der Waals surface area contributed by atoms with Gasteiger partial charge in [-0.25, -0.2) is 0 Å². The van der Waals surface area contributed by atoms with Crippen molar-refractivity contribution in [3.63, 3.8) is 0 Å². The molecule has 31 heavy (non-hydrogen) atoms. The molecule has 2 aromatic rings. The second kappa shape index (κ2) is 11.9. The summed E-state index contributed by atoms with van der Waals surface area (Å²) in [4.78, 5) is 27.5. The van der Waals surface area contributed by atoms with Crippen molar-refractivity contribution in [2.75, 3.05) is 13.1 Å². The number of piperidine rings is 1. The van der Waals surface area contributed by atoms with Gasteiger partial charge in [0.1, 0.15) is 6.04 Å². The van der Waals surface area contributed by atoms with E-state index in [1.54, 1.807) is 0 Å². The van der Waals surface area contributed by atoms with Gasteiger partial charge in [0.25, 0.3) is 0 Å². The first-order chi connectivity index (χ1) is 14.4. The first-order valence-corrected chi connectivity index (χ1v) is 11.2. The number of carbonyl (C=O) groups is 2. The maximum atomic E-state index is 13.1. The molecule has 5 heteroatoms. The van der Waals surface area contributed by atoms with Gasteiger partial charge in [0, 0.05) is 24.5 Å². The summed E-state index contributed by atoms with van der Waals surface area (Å²) < 4.78 is 0. The molecule has 3 rings (SSSR count). The molecule has 168 valence electrons. The lowest BCUT2D eigenvalue weighted by molar-refractivity contribution is -0.138. The molecular formula is C26H35ClN2O2. The van der Waals surface area contributed by atoms with E-state index < -0.39 is 6.04 Å². The van der Waals surface area contributed by atoms with Crippen LogP contribution in [0.25, 0.3) is 0 Å². The second-order valence-electron chi connectivity index (χ2n) is 8.43. The number of nitrogens with one attached hydrogen (secondary N) is 1. The number of hydrogen-bond acceptors (Lipinski definition) is 2. The van der Waals surface area contributed by atoms with E-state index in [9.17, 15) is 9.59 Å². The number of hydrogen-bond donors (Lipinski definition) is 1. The van der Waals surface area contributed by atoms with E-state index >= 15 is 0 Å². The average Bonchev–Trinajstić information content (AvgIpc) is 2.77. The van der Waals surface area contributed by atoms with Gasteiger partial charge >= 0.3 is 0 Å². The number of likely N-dealkylation sites (tertiary alicyclic amines) is 1. The summed E-state index contributed by atoms with van der Waals surface area (Å²) in [5.41, 5.74) is 2.41. The third kappa shape index (κ3) is 7.10. The van der Waals surface area contributed by atoms with Crippen molar-refractivity contribution >= 4 is 23.4 Å². The highest BCUT2D eigenvalue weighted by Gasteiger charge is 2.31. The summed E-state index contributed by atoms with van der Waals surface area (Å²) in [5.74, 6) is 0.464. The van der Waals surface area contributed by atoms with Gasteiger partial charge in [-0.15, -0.1) is 0 Å². The Hall–Kier alpha value is -2.33. The number of rotatable bonds is 7. The van der Waals surface area contributed by atoms with Gasteiger partial charge in [0.05, 0.1) is 0 Å². The molecule has 2 amide bonds. The molecule has 0 saturated carbocycles. The van der Waals surface area contributed by atoms with E-state index in [2.05, 4.69) is 17.4 Å². The highest BCUT2D eigenvalue weighted by molar-refractivity contribution is 6.30. The molecule has 0 spiro atoms. The van der Waals surface area contributed by atoms with Crippen LogP contribution in [0.2, 0.25) is 5.02 Å². The molecular weight excluding hydrogens is 408 g/mol. The van der Waals surface area contributed by atoms with Crippen molar-refractivity contribution in [3.8, 4) is 0 Å². The zero-order chi connectivity index (χ0) is 21.5. The Labute approximate surface area is 192 Å². The molecule has 1 fully saturated rings. The van der Waals surface area contributed by atoms with Gasteiger partial charge in [0.2, 0.25) is 11.8 Å². The molecule has 4 nitrogen and oxygen atoms in total. The summed E-state index contributed by atoms with van der Waals surface area (Å²) in [5, 5.41) is 3.73. The van der Waals surface area contributed by atoms with Gasteiger partial charge in [-0.3, -0.25) is 9.59 Å². The molecule has 1 saturated heterocycles. The van der Waals surface area contributed by atoms with Crippen molar-refractivity contribution in [2.45, 2.75) is 58.9 Å². The predicted octanol–water partition coefficient (Wildman–Crippen LogP) is 5.46. The number of nitrogens with zero attached hydrogens (tertiary/aromatic N) is 1. The van der Waals surface area contributed by atoms with E-state index in [1.807, 2.05) is 61.2 Å². The summed E-state index contributed by atoms with van der Waals surface area (Å²) in [6, 6.07) is 17.5. The lowest BCUT2D eigenvalue weighted by atomic mass is 9.89. The van der Waals surface area contributed by atoms with Gasteiger partial charge in [-0.1, -0.05) is 75.3 Å². The molecule has 1 aliphatic rings. The van der Waals surface area contributed by atoms with Crippen molar-refractivity contribution in [1.29, 1.82) is 0 Å². The third-order valence-electron chi connectivity index (χ3n) is 5.88. The Bertz CT molecular complexity index is 828. The van der Waals surface area contributed by atoms with Gasteiger partial charge in [-0.05, 0) is 54.4 Å². The van der Waals surface area contributed by atoms with Crippen LogP contribution in [0.1, 0.15) is 57.6 Å². The molecule has 0 aliphatic carbocycles. The standard InChI is InChI=1S/C25H31ClN2O2.CH4/c1-18(2)24(27-23(29)13-8-19-6-4-3-5-7-19)25(30)28-16-14-21(15-17-28)20-9-11-22(26)12-10-20;/h3-7,9-12,18,21,24H,8,13-17H2,1-2H3,(H,27,29);1H4/t24-;/m1./s1. The van der Waals surface area contributed by atoms with Crippen LogP contribution >= 0.6 is 11.6 Å². The summed E-state index contributed by atoms with van der Waals surface area (Å²) in [6.45, 7) is 5.41. The topological polar surface area (TPSA) is 49.4 Å². The zero-order valence-electron chi connectivity index (χ0n) is 17.8. The Morgan fingerprint density at radius 1 is 1.03 bits per heavy atom. The molecule has 1 atom stereocenters. The van der Waals surface area contributed by atoms with Crippen molar-refractivity contribution in [2.24, 2.45) is 5.92 Å². The lowest BCUT2D eigenvalue weighted by Gasteiger charge is -2.35. The van der Waals surface area contributed by atoms with E-state index in [0.717, 1.165) is 36.5 Å². The summed E-state index contributed by atoms with van der Waals surface area (Å²) in [7, 11) is 0. The molecule has 0 bridgehead atoms. The second-order valence-corrected chi connectivity index (χ2v) is 8.86. The largest absolute Gasteiger partial charge is 0.344 e. The van der Waals surface area contributed by atoms with Crippen LogP contribution in [-0.2, 0) is 16.0 Å². The number of carbonyl (C=O) groups excluding carboxylic acids is 2. The van der Waals surface area contributed by atoms with Crippen molar-refractivity contribution in [1.82, 2.24) is 10.2 Å². The van der Waals surface area contributed by atoms with E-state index in [0.29, 0.717) is 18.8 Å². The van der Waals surface area contributed by atoms with Crippen molar-refractivity contribution in [3.05, 3.63) is 70.7 Å². The fourth-order valence-corrected chi connectivity index (χ4v) is 4.15. The highest BCUT2D eigenvalue weighted by Crippen LogP contribution is 2.29. The summed E-state index contributed by atoms with van der Waals surface area (Å²) in [6.07, 6.45) is 2.93. The van der Waals surface area contributed by atoms with E-state index in [-0.39, 0.29) is 25.2 Å². The number of halogens is 1. The normalized spacial score (nSPS) is 15.3. The fraction of sp³-hybridized carbons (Fsp3) is 0.462. The first kappa shape index (κ1) is 24.9. The highest BCUT2D eigenvalue weighted by atomic mass is 35.5. The minimum Gasteiger partial charge on any atom is -0.344 e. The molecule has 1 heterocycles. The van der Waals surface area contributed by atoms with Crippen LogP contribution in [0.15, 0.2) is 54.6 Å². The van der Waals surface area contributed by atoms with Crippen LogP contribution in [0, 0.1) is 5.92 Å². The van der Waals surface area contributed by atoms with Crippen LogP contribution in [-0.4, -0.2) is 35.8 Å². The predicted molar refractivity (Wildman–Crippen MR) is 128 cm³/mol. The molecule has 2 aromatic carbocycles. The quantitative estimate of drug-likeness (QED) is 0.619. The smallest absolute Gasteiger partial charge is 0.245 e. The molecule has 0 unspecified atom stereocenters. The molecule has 0 aromatic heterocycles. The number of aryl methyl sites for hydroxylation is 1. The molecule has 0 radical (unpaired) electrons. The minimum absolute atomic E-state index is 0. The van der Waals surface area contributed by atoms with Crippen LogP contribution in [0.5, 0.6) is 0 Å². The van der Waals surface area contributed by atoms with Crippen LogP contribution in [0.3, 0.4) is 0 Å². The first-order valence-electron chi connectivity index (χ1n) is 10.8. The Balaban J connectivity index is 0.00000341. The van der Waals surface area contributed by atoms with Crippen molar-refractivity contribution < 1.29 is 9.59 Å². The van der Waals surface area contributed by atoms with Crippen LogP contribution < -0.4 is 5.32 Å². The van der Waals surface area contributed by atoms with Crippen LogP contribution in [0.4, 0.5) is 0 Å². The zero-order valence-corrected chi connectivity index (χ0v) is 18.6. The Morgan fingerprint density at radius 2 is 1.65 bits per heavy atom. The maximum absolute atomic E-state index is 13.1. The molecule has 1 N–H and O–H groups in total. The summed E-state index contributed by atoms with van der Waals surface area (Å²) >= 11 is 5.99. The number of benzene rings is 2. The Kier molecular flexibility index (Phi) is 9.57. The number of amides is 2. The lowest BCUT2D eigenvalue weighted by Crippen LogP contribution is -2.52. The molecule has 1 aliphatic heterocycles. The van der Waals surface area contributed by atoms with E-state index in [1.165, 1.54) is 5.56 Å². The van der Waals surface area contributed by atoms with Gasteiger partial charge < -0.3 is 10.2 Å². The maximum Gasteiger partial charge on any atom is 0.245 e. The SMILES string of the molecule is C.CC(C)[C@@H](NC(=O)CCc1ccccc1)C(=O)N1CCC(c2ccc(Cl)cc2)CC1. The van der Waals surface area contributed by atoms with Gasteiger partial charge in [-0.2, -0.15) is 0 Å². The average molecular weight is 443 g/mol. The van der Waals surface area contributed by atoms with Gasteiger partial charge in [0.15, 0.2) is 0 Å². The Morgan fingerprint density at radius 3 is 2.23 bits per heavy atom. The third-order valence-corrected chi connectivity index (χ3v) is 6.13. The van der Waals surface area contributed by atoms with E-state index in [4.69, 9.17) is 11.6 Å². The minimum atomic E-state index is -0.472.